The van der Waals surface area contributed by atoms with E-state index in [0.717, 1.165) is 6.54 Å². The summed E-state index contributed by atoms with van der Waals surface area (Å²) in [5.74, 6) is 0. The van der Waals surface area contributed by atoms with Gasteiger partial charge in [-0.3, -0.25) is 4.90 Å². The van der Waals surface area contributed by atoms with Gasteiger partial charge in [-0.25, -0.2) is 0 Å². The molecule has 0 aromatic heterocycles. The molecule has 0 bridgehead atoms. The molecule has 0 unspecified atom stereocenters. The van der Waals surface area contributed by atoms with Crippen LogP contribution in [0.25, 0.3) is 6.08 Å². The minimum absolute atomic E-state index is 1.09. The highest BCUT2D eigenvalue weighted by atomic mass is 15.1. The van der Waals surface area contributed by atoms with Crippen molar-refractivity contribution in [1.29, 1.82) is 0 Å². The molecule has 0 spiro atoms. The molecule has 0 aliphatic heterocycles. The van der Waals surface area contributed by atoms with Gasteiger partial charge < -0.3 is 0 Å². The Bertz CT molecular complexity index is 343. The molecular weight excluding hydrogens is 242 g/mol. The van der Waals surface area contributed by atoms with Gasteiger partial charge in [0.1, 0.15) is 0 Å². The topological polar surface area (TPSA) is 3.24 Å². The second-order valence-electron chi connectivity index (χ2n) is 5.64. The highest BCUT2D eigenvalue weighted by Crippen LogP contribution is 2.11. The maximum Gasteiger partial charge on any atom is 0.0233 e. The first kappa shape index (κ1) is 17.0. The van der Waals surface area contributed by atoms with Gasteiger partial charge in [0.15, 0.2) is 0 Å². The zero-order chi connectivity index (χ0) is 14.6. The van der Waals surface area contributed by atoms with Crippen LogP contribution in [0, 0.1) is 0 Å². The second-order valence-corrected chi connectivity index (χ2v) is 5.64. The van der Waals surface area contributed by atoms with E-state index in [0.29, 0.717) is 0 Å². The fraction of sp³-hybridized carbons (Fsp3) is 0.579. The zero-order valence-electron chi connectivity index (χ0n) is 13.4. The molecule has 0 heterocycles. The van der Waals surface area contributed by atoms with E-state index in [2.05, 4.69) is 49.6 Å². The Morgan fingerprint density at radius 2 is 1.45 bits per heavy atom. The number of hydrogen-bond donors (Lipinski definition) is 0. The van der Waals surface area contributed by atoms with Crippen molar-refractivity contribution in [2.24, 2.45) is 0 Å². The first-order valence-electron chi connectivity index (χ1n) is 8.23. The van der Waals surface area contributed by atoms with Crippen molar-refractivity contribution in [2.45, 2.75) is 58.9 Å². The third-order valence-electron chi connectivity index (χ3n) is 3.78. The van der Waals surface area contributed by atoms with E-state index in [1.165, 1.54) is 62.7 Å². The van der Waals surface area contributed by atoms with E-state index in [4.69, 9.17) is 0 Å². The van der Waals surface area contributed by atoms with E-state index in [1.807, 2.05) is 6.08 Å². The molecule has 0 N–H and O–H groups in total. The van der Waals surface area contributed by atoms with Crippen molar-refractivity contribution in [3.05, 3.63) is 42.0 Å². The SMILES string of the molecule is C=Cc1ccc(CN(CCCCC)CCCCC)cc1. The molecule has 0 aliphatic carbocycles. The van der Waals surface area contributed by atoms with Crippen molar-refractivity contribution in [3.63, 3.8) is 0 Å². The summed E-state index contributed by atoms with van der Waals surface area (Å²) < 4.78 is 0. The summed E-state index contributed by atoms with van der Waals surface area (Å²) in [5.41, 5.74) is 2.63. The van der Waals surface area contributed by atoms with Crippen molar-refractivity contribution in [3.8, 4) is 0 Å². The fourth-order valence-corrected chi connectivity index (χ4v) is 2.46. The maximum atomic E-state index is 3.81. The molecule has 0 saturated carbocycles. The Balaban J connectivity index is 2.49. The van der Waals surface area contributed by atoms with Gasteiger partial charge in [0.25, 0.3) is 0 Å². The van der Waals surface area contributed by atoms with Crippen molar-refractivity contribution >= 4 is 6.08 Å². The molecule has 1 nitrogen and oxygen atoms in total. The Morgan fingerprint density at radius 3 is 1.90 bits per heavy atom. The summed E-state index contributed by atoms with van der Waals surface area (Å²) in [7, 11) is 0. The summed E-state index contributed by atoms with van der Waals surface area (Å²) in [6, 6.07) is 8.81. The smallest absolute Gasteiger partial charge is 0.0233 e. The quantitative estimate of drug-likeness (QED) is 0.480. The van der Waals surface area contributed by atoms with Crippen LogP contribution in [-0.2, 0) is 6.54 Å². The third-order valence-corrected chi connectivity index (χ3v) is 3.78. The molecule has 0 atom stereocenters. The number of hydrogen-bond acceptors (Lipinski definition) is 1. The van der Waals surface area contributed by atoms with Crippen LogP contribution in [0.3, 0.4) is 0 Å². The number of nitrogens with zero attached hydrogens (tertiary/aromatic N) is 1. The Kier molecular flexibility index (Phi) is 9.06. The van der Waals surface area contributed by atoms with Crippen LogP contribution in [0.15, 0.2) is 30.8 Å². The standard InChI is InChI=1S/C19H31N/c1-4-7-9-15-20(16-10-8-5-2)17-19-13-11-18(6-3)12-14-19/h6,11-14H,3-5,7-10,15-17H2,1-2H3. The lowest BCUT2D eigenvalue weighted by Crippen LogP contribution is -2.25. The second kappa shape index (κ2) is 10.7. The minimum atomic E-state index is 1.09. The van der Waals surface area contributed by atoms with Gasteiger partial charge in [-0.05, 0) is 37.1 Å². The Labute approximate surface area is 125 Å². The third kappa shape index (κ3) is 6.91. The van der Waals surface area contributed by atoms with Gasteiger partial charge in [-0.15, -0.1) is 0 Å². The number of unbranched alkanes of at least 4 members (excludes halogenated alkanes) is 4. The van der Waals surface area contributed by atoms with Crippen molar-refractivity contribution < 1.29 is 0 Å². The molecule has 0 aliphatic rings. The highest BCUT2D eigenvalue weighted by molar-refractivity contribution is 5.47. The molecule has 0 amide bonds. The normalized spacial score (nSPS) is 10.9. The molecule has 20 heavy (non-hydrogen) atoms. The van der Waals surface area contributed by atoms with E-state index in [-0.39, 0.29) is 0 Å². The predicted molar refractivity (Wildman–Crippen MR) is 90.9 cm³/mol. The summed E-state index contributed by atoms with van der Waals surface area (Å²) in [5, 5.41) is 0. The van der Waals surface area contributed by atoms with E-state index in [9.17, 15) is 0 Å². The van der Waals surface area contributed by atoms with Crippen molar-refractivity contribution in [1.82, 2.24) is 4.90 Å². The molecular formula is C19H31N. The minimum Gasteiger partial charge on any atom is -0.299 e. The van der Waals surface area contributed by atoms with Crippen LogP contribution in [0.5, 0.6) is 0 Å². The average Bonchev–Trinajstić information content (AvgIpc) is 2.48. The van der Waals surface area contributed by atoms with Gasteiger partial charge in [0.05, 0.1) is 0 Å². The summed E-state index contributed by atoms with van der Waals surface area (Å²) in [4.78, 5) is 2.62. The van der Waals surface area contributed by atoms with Crippen LogP contribution >= 0.6 is 0 Å². The van der Waals surface area contributed by atoms with Gasteiger partial charge in [0.2, 0.25) is 0 Å². The first-order valence-corrected chi connectivity index (χ1v) is 8.23. The van der Waals surface area contributed by atoms with Crippen LogP contribution in [-0.4, -0.2) is 18.0 Å². The van der Waals surface area contributed by atoms with Crippen LogP contribution < -0.4 is 0 Å². The Hall–Kier alpha value is -1.08. The molecule has 0 radical (unpaired) electrons. The monoisotopic (exact) mass is 273 g/mol. The van der Waals surface area contributed by atoms with Crippen LogP contribution in [0.2, 0.25) is 0 Å². The van der Waals surface area contributed by atoms with Gasteiger partial charge >= 0.3 is 0 Å². The van der Waals surface area contributed by atoms with E-state index >= 15 is 0 Å². The van der Waals surface area contributed by atoms with E-state index in [1.54, 1.807) is 0 Å². The Morgan fingerprint density at radius 1 is 0.900 bits per heavy atom. The first-order chi connectivity index (χ1) is 9.80. The summed E-state index contributed by atoms with van der Waals surface area (Å²) in [6.45, 7) is 11.9. The zero-order valence-corrected chi connectivity index (χ0v) is 13.4. The average molecular weight is 273 g/mol. The molecule has 0 fully saturated rings. The lowest BCUT2D eigenvalue weighted by molar-refractivity contribution is 0.254. The maximum absolute atomic E-state index is 3.81. The lowest BCUT2D eigenvalue weighted by atomic mass is 10.1. The lowest BCUT2D eigenvalue weighted by Gasteiger charge is -2.22. The molecule has 1 rings (SSSR count). The molecule has 1 aromatic rings. The van der Waals surface area contributed by atoms with Crippen LogP contribution in [0.4, 0.5) is 0 Å². The molecule has 112 valence electrons. The van der Waals surface area contributed by atoms with Crippen molar-refractivity contribution in [2.75, 3.05) is 13.1 Å². The van der Waals surface area contributed by atoms with Crippen LogP contribution in [0.1, 0.15) is 63.5 Å². The van der Waals surface area contributed by atoms with Gasteiger partial charge in [0, 0.05) is 6.54 Å². The largest absolute Gasteiger partial charge is 0.299 e. The molecule has 1 heteroatoms. The predicted octanol–water partition coefficient (Wildman–Crippen LogP) is 5.51. The van der Waals surface area contributed by atoms with Gasteiger partial charge in [-0.2, -0.15) is 0 Å². The summed E-state index contributed by atoms with van der Waals surface area (Å²) in [6.07, 6.45) is 9.86. The fourth-order valence-electron chi connectivity index (χ4n) is 2.46. The molecule has 0 saturated heterocycles. The number of benzene rings is 1. The highest BCUT2D eigenvalue weighted by Gasteiger charge is 2.05. The van der Waals surface area contributed by atoms with Gasteiger partial charge in [-0.1, -0.05) is 76.5 Å². The van der Waals surface area contributed by atoms with E-state index < -0.39 is 0 Å². The molecule has 1 aromatic carbocycles. The number of rotatable bonds is 11. The summed E-state index contributed by atoms with van der Waals surface area (Å²) >= 11 is 0.